The number of nitrogens with zero attached hydrogens (tertiary/aromatic N) is 1. The fourth-order valence-corrected chi connectivity index (χ4v) is 3.18. The molecule has 1 amide bonds. The average molecular weight is 384 g/mol. The van der Waals surface area contributed by atoms with Crippen LogP contribution in [0.15, 0.2) is 28.8 Å². The van der Waals surface area contributed by atoms with E-state index in [0.29, 0.717) is 34.0 Å². The third kappa shape index (κ3) is 4.87. The summed E-state index contributed by atoms with van der Waals surface area (Å²) in [6.45, 7) is 2.68. The molecule has 1 aromatic heterocycles. The molecule has 0 spiro atoms. The minimum atomic E-state index is -0.253. The summed E-state index contributed by atoms with van der Waals surface area (Å²) in [4.78, 5) is 12.1. The Morgan fingerprint density at radius 2 is 2.20 bits per heavy atom. The van der Waals surface area contributed by atoms with E-state index in [-0.39, 0.29) is 18.2 Å². The molecule has 1 fully saturated rings. The van der Waals surface area contributed by atoms with Gasteiger partial charge in [-0.3, -0.25) is 4.79 Å². The highest BCUT2D eigenvalue weighted by molar-refractivity contribution is 6.37. The van der Waals surface area contributed by atoms with Crippen LogP contribution in [-0.4, -0.2) is 30.7 Å². The first kappa shape index (κ1) is 18.0. The van der Waals surface area contributed by atoms with Crippen molar-refractivity contribution in [3.8, 4) is 5.75 Å². The summed E-state index contributed by atoms with van der Waals surface area (Å²) >= 11 is 12.1. The maximum atomic E-state index is 12.1. The zero-order valence-electron chi connectivity index (χ0n) is 13.6. The van der Waals surface area contributed by atoms with E-state index >= 15 is 0 Å². The molecule has 3 rings (SSSR count). The predicted octanol–water partition coefficient (Wildman–Crippen LogP) is 3.29. The highest BCUT2D eigenvalue weighted by Gasteiger charge is 2.17. The van der Waals surface area contributed by atoms with Crippen LogP contribution in [-0.2, 0) is 6.61 Å². The fraction of sp³-hybridized carbons (Fsp3) is 0.412. The number of benzene rings is 1. The van der Waals surface area contributed by atoms with Gasteiger partial charge in [0.25, 0.3) is 5.91 Å². The first-order chi connectivity index (χ1) is 12.1. The second-order valence-corrected chi connectivity index (χ2v) is 6.75. The van der Waals surface area contributed by atoms with Crippen molar-refractivity contribution in [2.75, 3.05) is 19.6 Å². The van der Waals surface area contributed by atoms with Gasteiger partial charge in [-0.05, 0) is 44.0 Å². The number of aromatic nitrogens is 1. The molecule has 2 aromatic rings. The summed E-state index contributed by atoms with van der Waals surface area (Å²) in [6, 6.07) is 6.65. The van der Waals surface area contributed by atoms with Crippen LogP contribution in [0.25, 0.3) is 0 Å². The lowest BCUT2D eigenvalue weighted by Crippen LogP contribution is -2.38. The second-order valence-electron chi connectivity index (χ2n) is 5.94. The van der Waals surface area contributed by atoms with Crippen LogP contribution in [0, 0.1) is 5.92 Å². The van der Waals surface area contributed by atoms with E-state index in [1.807, 2.05) is 0 Å². The molecule has 0 bridgehead atoms. The molecule has 6 nitrogen and oxygen atoms in total. The number of amides is 1. The molecule has 8 heteroatoms. The number of para-hydroxylation sites is 1. The molecule has 1 saturated heterocycles. The molecule has 1 aromatic carbocycles. The standard InChI is InChI=1S/C17H19Cl2N3O3/c18-13-4-1-5-14(19)16(13)24-10-12-7-15(22-25-12)17(23)21-9-11-3-2-6-20-8-11/h1,4-5,7,11,20H,2-3,6,8-10H2,(H,21,23). The van der Waals surface area contributed by atoms with Gasteiger partial charge in [-0.15, -0.1) is 0 Å². The van der Waals surface area contributed by atoms with Gasteiger partial charge in [0.1, 0.15) is 6.61 Å². The molecule has 2 N–H and O–H groups in total. The Hall–Kier alpha value is -1.76. The molecule has 1 unspecified atom stereocenters. The lowest BCUT2D eigenvalue weighted by molar-refractivity contribution is 0.0935. The molecular weight excluding hydrogens is 365 g/mol. The van der Waals surface area contributed by atoms with Gasteiger partial charge < -0.3 is 19.9 Å². The number of carbonyl (C=O) groups excluding carboxylic acids is 1. The minimum absolute atomic E-state index is 0.0796. The van der Waals surface area contributed by atoms with Crippen molar-refractivity contribution in [1.82, 2.24) is 15.8 Å². The summed E-state index contributed by atoms with van der Waals surface area (Å²) in [5, 5.41) is 10.8. The van der Waals surface area contributed by atoms with E-state index in [0.717, 1.165) is 25.9 Å². The van der Waals surface area contributed by atoms with Crippen molar-refractivity contribution in [1.29, 1.82) is 0 Å². The molecule has 1 aliphatic heterocycles. The Balaban J connectivity index is 1.52. The van der Waals surface area contributed by atoms with Gasteiger partial charge in [-0.2, -0.15) is 0 Å². The molecule has 1 atom stereocenters. The lowest BCUT2D eigenvalue weighted by Gasteiger charge is -2.22. The quantitative estimate of drug-likeness (QED) is 0.800. The van der Waals surface area contributed by atoms with Crippen LogP contribution in [0.5, 0.6) is 5.75 Å². The zero-order valence-corrected chi connectivity index (χ0v) is 15.1. The molecule has 134 valence electrons. The zero-order chi connectivity index (χ0) is 17.6. The van der Waals surface area contributed by atoms with E-state index in [2.05, 4.69) is 15.8 Å². The summed E-state index contributed by atoms with van der Waals surface area (Å²) in [6.07, 6.45) is 2.25. The normalized spacial score (nSPS) is 17.3. The molecule has 1 aliphatic rings. The smallest absolute Gasteiger partial charge is 0.273 e. The van der Waals surface area contributed by atoms with Crippen molar-refractivity contribution in [3.05, 3.63) is 45.8 Å². The largest absolute Gasteiger partial charge is 0.482 e. The number of rotatable bonds is 6. The number of hydrogen-bond acceptors (Lipinski definition) is 5. The third-order valence-electron chi connectivity index (χ3n) is 4.02. The van der Waals surface area contributed by atoms with E-state index < -0.39 is 0 Å². The molecular formula is C17H19Cl2N3O3. The Kier molecular flexibility index (Phi) is 6.18. The number of hydrogen-bond donors (Lipinski definition) is 2. The topological polar surface area (TPSA) is 76.4 Å². The Morgan fingerprint density at radius 3 is 2.92 bits per heavy atom. The van der Waals surface area contributed by atoms with Gasteiger partial charge in [0, 0.05) is 12.6 Å². The molecule has 2 heterocycles. The van der Waals surface area contributed by atoms with E-state index in [1.165, 1.54) is 0 Å². The number of carbonyl (C=O) groups is 1. The fourth-order valence-electron chi connectivity index (χ4n) is 2.68. The van der Waals surface area contributed by atoms with Crippen LogP contribution in [0.1, 0.15) is 29.1 Å². The average Bonchev–Trinajstić information content (AvgIpc) is 3.09. The molecule has 0 saturated carbocycles. The summed E-state index contributed by atoms with van der Waals surface area (Å²) in [5.41, 5.74) is 0.229. The Bertz CT molecular complexity index is 709. The Labute approximate surface area is 155 Å². The van der Waals surface area contributed by atoms with Crippen LogP contribution in [0.4, 0.5) is 0 Å². The highest BCUT2D eigenvalue weighted by Crippen LogP contribution is 2.32. The van der Waals surface area contributed by atoms with Crippen molar-refractivity contribution < 1.29 is 14.1 Å². The first-order valence-corrected chi connectivity index (χ1v) is 8.90. The van der Waals surface area contributed by atoms with Gasteiger partial charge in [0.2, 0.25) is 0 Å². The molecule has 0 aliphatic carbocycles. The van der Waals surface area contributed by atoms with E-state index in [9.17, 15) is 4.79 Å². The van der Waals surface area contributed by atoms with Gasteiger partial charge in [-0.25, -0.2) is 0 Å². The van der Waals surface area contributed by atoms with Gasteiger partial charge in [0.05, 0.1) is 10.0 Å². The first-order valence-electron chi connectivity index (χ1n) is 8.15. The minimum Gasteiger partial charge on any atom is -0.482 e. The van der Waals surface area contributed by atoms with Crippen molar-refractivity contribution >= 4 is 29.1 Å². The summed E-state index contributed by atoms with van der Waals surface area (Å²) < 4.78 is 10.7. The SMILES string of the molecule is O=C(NCC1CCCNC1)c1cc(COc2c(Cl)cccc2Cl)on1. The lowest BCUT2D eigenvalue weighted by atomic mass is 10.00. The maximum Gasteiger partial charge on any atom is 0.273 e. The monoisotopic (exact) mass is 383 g/mol. The number of nitrogens with one attached hydrogen (secondary N) is 2. The number of piperidine rings is 1. The second kappa shape index (κ2) is 8.56. The van der Waals surface area contributed by atoms with Crippen molar-refractivity contribution in [3.63, 3.8) is 0 Å². The van der Waals surface area contributed by atoms with E-state index in [4.69, 9.17) is 32.5 Å². The van der Waals surface area contributed by atoms with Crippen LogP contribution in [0.3, 0.4) is 0 Å². The van der Waals surface area contributed by atoms with Gasteiger partial charge >= 0.3 is 0 Å². The predicted molar refractivity (Wildman–Crippen MR) is 95.2 cm³/mol. The molecule has 25 heavy (non-hydrogen) atoms. The van der Waals surface area contributed by atoms with Crippen LogP contribution >= 0.6 is 23.2 Å². The highest BCUT2D eigenvalue weighted by atomic mass is 35.5. The summed E-state index contributed by atoms with van der Waals surface area (Å²) in [7, 11) is 0. The summed E-state index contributed by atoms with van der Waals surface area (Å²) in [5.74, 6) is 0.990. The molecule has 0 radical (unpaired) electrons. The van der Waals surface area contributed by atoms with Crippen molar-refractivity contribution in [2.24, 2.45) is 5.92 Å². The maximum absolute atomic E-state index is 12.1. The van der Waals surface area contributed by atoms with Gasteiger partial charge in [-0.1, -0.05) is 34.4 Å². The Morgan fingerprint density at radius 1 is 1.40 bits per heavy atom. The third-order valence-corrected chi connectivity index (χ3v) is 4.61. The van der Waals surface area contributed by atoms with Crippen LogP contribution < -0.4 is 15.4 Å². The van der Waals surface area contributed by atoms with Crippen LogP contribution in [0.2, 0.25) is 10.0 Å². The number of ether oxygens (including phenoxy) is 1. The van der Waals surface area contributed by atoms with E-state index in [1.54, 1.807) is 24.3 Å². The number of halogens is 2. The van der Waals surface area contributed by atoms with Gasteiger partial charge in [0.15, 0.2) is 17.2 Å². The van der Waals surface area contributed by atoms with Crippen molar-refractivity contribution in [2.45, 2.75) is 19.4 Å².